The highest BCUT2D eigenvalue weighted by molar-refractivity contribution is 8.77. The Bertz CT molecular complexity index is 2630. The first-order chi connectivity index (χ1) is 34.1. The summed E-state index contributed by atoms with van der Waals surface area (Å²) in [5, 5.41) is 13.6. The molecular weight excluding hydrogens is 1080 g/mol. The Morgan fingerprint density at radius 3 is 2.36 bits per heavy atom. The minimum Gasteiger partial charge on any atom is -0.478 e. The second-order valence-corrected chi connectivity index (χ2v) is 29.2. The number of carbonyl (C=O) groups excluding carboxylic acids is 1. The van der Waals surface area contributed by atoms with Gasteiger partial charge in [0.1, 0.15) is 36.1 Å². The van der Waals surface area contributed by atoms with Gasteiger partial charge in [-0.3, -0.25) is 14.3 Å². The predicted molar refractivity (Wildman–Crippen MR) is 289 cm³/mol. The van der Waals surface area contributed by atoms with Gasteiger partial charge in [-0.2, -0.15) is 14.4 Å². The maximum absolute atomic E-state index is 13.6. The molecule has 1 saturated heterocycles. The zero-order valence-corrected chi connectivity index (χ0v) is 48.0. The number of aliphatic imine (C=N–C) groups is 1. The minimum absolute atomic E-state index is 0.0370. The topological polar surface area (TPSA) is 275 Å². The molecule has 1 fully saturated rings. The van der Waals surface area contributed by atoms with Crippen molar-refractivity contribution >= 4 is 91.5 Å². The first-order valence-electron chi connectivity index (χ1n) is 23.2. The van der Waals surface area contributed by atoms with Gasteiger partial charge in [0.05, 0.1) is 24.0 Å². The number of benzene rings is 2. The third kappa shape index (κ3) is 19.3. The summed E-state index contributed by atoms with van der Waals surface area (Å²) in [6.45, 7) is 18.5. The molecule has 4 unspecified atom stereocenters. The number of rotatable bonds is 25. The van der Waals surface area contributed by atoms with Gasteiger partial charge in [-0.15, -0.1) is 0 Å². The number of ether oxygens (including phenoxy) is 4. The standard InChI is InChI=1S/C46H64BN2O17P3S4/c1-10-13-30-21-37-34(18-28(30)3)42(35-19-29(4)36(48-11-2)22-38(35)63-37)32-15-14-31(20-33(32)44(51)52)43(50)49-25-46(8,9)73-70-26-60-17-12-16-47-41-23-39(61-27-71-72-45(5,6)7)40(64-41)24-62-68(56,57)66-69(58,59)65-67(53,54)55/h14-15,18-22,35,39-42,47H,10-11,13,17,23-27H2,1-9H3,(H,49,50)(H,51,52)(H,56,57)(H,58,59)(H2,53,54,55)/b48-36-/t35?,39-,40-,41-,42?/m1/s1. The Balaban J connectivity index is 1.13. The number of carboxylic acid groups (broad SMARTS) is 1. The molecule has 7 atom stereocenters. The predicted octanol–water partition coefficient (Wildman–Crippen LogP) is 9.33. The number of allylic oxidation sites excluding steroid dienone is 3. The van der Waals surface area contributed by atoms with Crippen LogP contribution in [-0.4, -0.2) is 115 Å². The number of carboxylic acids is 1. The highest BCUT2D eigenvalue weighted by atomic mass is 33.1. The van der Waals surface area contributed by atoms with Crippen molar-refractivity contribution in [2.45, 2.75) is 115 Å². The van der Waals surface area contributed by atoms with E-state index in [1.54, 1.807) is 22.9 Å². The summed E-state index contributed by atoms with van der Waals surface area (Å²) in [5.74, 6) is 5.59. The van der Waals surface area contributed by atoms with Crippen LogP contribution in [0.3, 0.4) is 0 Å². The van der Waals surface area contributed by atoms with Crippen LogP contribution in [-0.2, 0) is 47.5 Å². The number of phosphoric ester groups is 1. The van der Waals surface area contributed by atoms with Crippen molar-refractivity contribution < 1.29 is 80.1 Å². The lowest BCUT2D eigenvalue weighted by Gasteiger charge is -2.37. The lowest BCUT2D eigenvalue weighted by molar-refractivity contribution is -0.0240. The molecule has 73 heavy (non-hydrogen) atoms. The van der Waals surface area contributed by atoms with Crippen LogP contribution in [0.25, 0.3) is 0 Å². The molecule has 19 nitrogen and oxygen atoms in total. The zero-order valence-electron chi connectivity index (χ0n) is 42.1. The van der Waals surface area contributed by atoms with Crippen molar-refractivity contribution in [2.24, 2.45) is 10.9 Å². The fourth-order valence-electron chi connectivity index (χ4n) is 7.95. The summed E-state index contributed by atoms with van der Waals surface area (Å²) in [6.07, 6.45) is 4.64. The van der Waals surface area contributed by atoms with Gasteiger partial charge in [0.2, 0.25) is 7.28 Å². The molecule has 2 aromatic rings. The van der Waals surface area contributed by atoms with E-state index in [0.29, 0.717) is 30.0 Å². The maximum Gasteiger partial charge on any atom is 0.490 e. The number of aryl methyl sites for hydroxylation is 2. The lowest BCUT2D eigenvalue weighted by Crippen LogP contribution is -2.36. The number of hydrogen-bond acceptors (Lipinski definition) is 17. The summed E-state index contributed by atoms with van der Waals surface area (Å²) >= 11 is 0. The van der Waals surface area contributed by atoms with Gasteiger partial charge in [0.15, 0.2) is 0 Å². The number of hydrogen-bond donors (Lipinski definition) is 6. The molecule has 3 aliphatic rings. The Morgan fingerprint density at radius 1 is 0.959 bits per heavy atom. The van der Waals surface area contributed by atoms with E-state index < -0.39 is 70.8 Å². The molecule has 0 bridgehead atoms. The Morgan fingerprint density at radius 2 is 1.68 bits per heavy atom. The van der Waals surface area contributed by atoms with Gasteiger partial charge in [-0.05, 0) is 87.9 Å². The number of aromatic carboxylic acids is 1. The summed E-state index contributed by atoms with van der Waals surface area (Å²) in [6, 6.07) is 8.56. The third-order valence-corrected chi connectivity index (χ3v) is 20.8. The van der Waals surface area contributed by atoms with E-state index in [0.717, 1.165) is 35.3 Å². The number of carbonyl (C=O) groups is 2. The van der Waals surface area contributed by atoms with E-state index in [1.807, 2.05) is 54.5 Å². The van der Waals surface area contributed by atoms with E-state index in [9.17, 15) is 38.2 Å². The summed E-state index contributed by atoms with van der Waals surface area (Å²) in [7, 11) is -10.4. The molecule has 2 aliphatic heterocycles. The van der Waals surface area contributed by atoms with E-state index in [2.05, 4.69) is 62.7 Å². The summed E-state index contributed by atoms with van der Waals surface area (Å²) in [4.78, 5) is 68.4. The largest absolute Gasteiger partial charge is 0.490 e. The second kappa shape index (κ2) is 26.8. The molecule has 6 N–H and O–H groups in total. The molecule has 5 rings (SSSR count). The molecule has 2 heterocycles. The Hall–Kier alpha value is -2.36. The van der Waals surface area contributed by atoms with Crippen LogP contribution in [0.2, 0.25) is 0 Å². The monoisotopic (exact) mass is 1150 g/mol. The molecule has 0 spiro atoms. The van der Waals surface area contributed by atoms with E-state index in [-0.39, 0.29) is 54.1 Å². The Kier molecular flexibility index (Phi) is 22.6. The zero-order chi connectivity index (χ0) is 53.9. The highest BCUT2D eigenvalue weighted by Gasteiger charge is 2.44. The smallest absolute Gasteiger partial charge is 0.478 e. The quantitative estimate of drug-likeness (QED) is 0.0135. The average molecular weight is 1150 g/mol. The van der Waals surface area contributed by atoms with Gasteiger partial charge < -0.3 is 48.9 Å². The Labute approximate surface area is 443 Å². The highest BCUT2D eigenvalue weighted by Crippen LogP contribution is 2.66. The molecule has 2 aromatic carbocycles. The van der Waals surface area contributed by atoms with Crippen molar-refractivity contribution in [2.75, 3.05) is 38.2 Å². The van der Waals surface area contributed by atoms with Crippen LogP contribution < -0.4 is 10.1 Å². The summed E-state index contributed by atoms with van der Waals surface area (Å²) < 4.78 is 71.3. The summed E-state index contributed by atoms with van der Waals surface area (Å²) in [5.41, 5.74) is 5.82. The fraction of sp³-hybridized carbons (Fsp3) is 0.543. The number of nitrogens with one attached hydrogen (secondary N) is 1. The molecule has 0 aromatic heterocycles. The van der Waals surface area contributed by atoms with Crippen molar-refractivity contribution in [3.8, 4) is 17.5 Å². The molecular formula is C46H64BN2O17P3S4. The number of phosphoric acid groups is 3. The van der Waals surface area contributed by atoms with Crippen molar-refractivity contribution in [1.82, 2.24) is 5.32 Å². The van der Waals surface area contributed by atoms with Crippen molar-refractivity contribution in [3.05, 3.63) is 87.2 Å². The van der Waals surface area contributed by atoms with Crippen LogP contribution in [0.4, 0.5) is 0 Å². The first kappa shape index (κ1) is 61.5. The molecule has 0 saturated carbocycles. The van der Waals surface area contributed by atoms with Gasteiger partial charge in [0, 0.05) is 57.6 Å². The second-order valence-electron chi connectivity index (χ2n) is 18.8. The SMILES string of the molecule is CCCc1cc2c(cc1C)C(c1ccc(C(=O)NCC(C)(C)SSCOCC#CB[C@H]3C[C@@H](OCSSC(C)(C)C)[C@@H](COP(=O)(O)OP(=O)(O)OP(=O)(O)O)O3)cc1C(=O)O)C1C=C(C)/C(=N\CC)C=C1O2. The van der Waals surface area contributed by atoms with Crippen LogP contribution in [0, 0.1) is 24.6 Å². The first-order valence-corrected chi connectivity index (χ1v) is 32.4. The third-order valence-electron chi connectivity index (χ3n) is 11.0. The fourth-order valence-corrected chi connectivity index (χ4v) is 15.1. The normalized spacial score (nSPS) is 22.1. The minimum atomic E-state index is -5.69. The van der Waals surface area contributed by atoms with Gasteiger partial charge >= 0.3 is 29.4 Å². The number of fused-ring (bicyclic) bond motifs is 2. The molecule has 0 radical (unpaired) electrons. The van der Waals surface area contributed by atoms with Crippen molar-refractivity contribution in [1.29, 1.82) is 0 Å². The van der Waals surface area contributed by atoms with Crippen LogP contribution in [0.1, 0.15) is 117 Å². The van der Waals surface area contributed by atoms with E-state index >= 15 is 0 Å². The maximum atomic E-state index is 13.6. The molecule has 1 amide bonds. The lowest BCUT2D eigenvalue weighted by atomic mass is 9.71. The molecule has 27 heteroatoms. The van der Waals surface area contributed by atoms with Gasteiger partial charge in [-0.25, -0.2) is 18.5 Å². The van der Waals surface area contributed by atoms with E-state index in [1.165, 1.54) is 44.0 Å². The molecule has 402 valence electrons. The number of nitrogens with zero attached hydrogens (tertiary/aromatic N) is 1. The number of amides is 1. The van der Waals surface area contributed by atoms with Crippen molar-refractivity contribution in [3.63, 3.8) is 0 Å². The van der Waals surface area contributed by atoms with E-state index in [4.69, 9.17) is 33.3 Å². The van der Waals surface area contributed by atoms with Gasteiger partial charge in [0.25, 0.3) is 5.91 Å². The molecule has 1 aliphatic carbocycles. The van der Waals surface area contributed by atoms with Crippen LogP contribution in [0.15, 0.2) is 58.8 Å². The van der Waals surface area contributed by atoms with Gasteiger partial charge in [-0.1, -0.05) is 101 Å². The van der Waals surface area contributed by atoms with Crippen LogP contribution in [0.5, 0.6) is 5.75 Å². The van der Waals surface area contributed by atoms with Crippen LogP contribution >= 0.6 is 66.6 Å². The average Bonchev–Trinajstić information content (AvgIpc) is 3.67.